The van der Waals surface area contributed by atoms with Gasteiger partial charge in [0.05, 0.1) is 37.2 Å². The molecule has 0 unspecified atom stereocenters. The number of likely N-dealkylation sites (N-methyl/N-ethyl adjacent to an activating group) is 1. The minimum Gasteiger partial charge on any atom is -0.489 e. The first-order chi connectivity index (χ1) is 17.6. The van der Waals surface area contributed by atoms with Crippen molar-refractivity contribution in [2.45, 2.75) is 37.8 Å². The summed E-state index contributed by atoms with van der Waals surface area (Å²) < 4.78 is 17.7. The predicted molar refractivity (Wildman–Crippen MR) is 139 cm³/mol. The molecule has 1 saturated carbocycles. The quantitative estimate of drug-likeness (QED) is 0.479. The second-order valence-corrected chi connectivity index (χ2v) is 9.60. The van der Waals surface area contributed by atoms with Gasteiger partial charge in [-0.1, -0.05) is 0 Å². The van der Waals surface area contributed by atoms with Crippen molar-refractivity contribution in [1.82, 2.24) is 24.8 Å². The van der Waals surface area contributed by atoms with E-state index < -0.39 is 0 Å². The predicted octanol–water partition coefficient (Wildman–Crippen LogP) is 3.00. The van der Waals surface area contributed by atoms with Crippen molar-refractivity contribution >= 4 is 22.7 Å². The van der Waals surface area contributed by atoms with Gasteiger partial charge in [0, 0.05) is 49.8 Å². The Balaban J connectivity index is 1.17. The van der Waals surface area contributed by atoms with Crippen LogP contribution in [0.3, 0.4) is 0 Å². The molecule has 0 atom stereocenters. The van der Waals surface area contributed by atoms with Crippen molar-refractivity contribution in [2.75, 3.05) is 63.8 Å². The van der Waals surface area contributed by atoms with E-state index in [1.807, 2.05) is 14.1 Å². The summed E-state index contributed by atoms with van der Waals surface area (Å²) in [6.07, 6.45) is 10.9. The maximum Gasteiger partial charge on any atom is 0.223 e. The number of ether oxygens (including phenoxy) is 3. The second-order valence-electron chi connectivity index (χ2n) is 9.60. The molecule has 2 fully saturated rings. The third-order valence-corrected chi connectivity index (χ3v) is 6.64. The number of hydrogen-bond acceptors (Lipinski definition) is 10. The summed E-state index contributed by atoms with van der Waals surface area (Å²) >= 11 is 0. The Kier molecular flexibility index (Phi) is 7.92. The minimum absolute atomic E-state index is 0.140. The summed E-state index contributed by atoms with van der Waals surface area (Å²) in [5.41, 5.74) is 2.79. The highest BCUT2D eigenvalue weighted by Crippen LogP contribution is 2.33. The summed E-state index contributed by atoms with van der Waals surface area (Å²) in [7, 11) is 4.04. The Morgan fingerprint density at radius 1 is 1.00 bits per heavy atom. The van der Waals surface area contributed by atoms with Gasteiger partial charge in [0.2, 0.25) is 5.95 Å². The molecule has 2 aromatic heterocycles. The number of hydrogen-bond donors (Lipinski definition) is 1. The van der Waals surface area contributed by atoms with Crippen molar-refractivity contribution in [2.24, 2.45) is 0 Å². The van der Waals surface area contributed by atoms with Gasteiger partial charge >= 0.3 is 0 Å². The van der Waals surface area contributed by atoms with E-state index in [-0.39, 0.29) is 6.10 Å². The summed E-state index contributed by atoms with van der Waals surface area (Å²) in [5.74, 6) is 2.14. The summed E-state index contributed by atoms with van der Waals surface area (Å²) in [6, 6.07) is 4.53. The molecule has 2 aliphatic rings. The van der Waals surface area contributed by atoms with Crippen molar-refractivity contribution in [3.8, 4) is 11.5 Å². The van der Waals surface area contributed by atoms with Crippen LogP contribution in [0.15, 0.2) is 36.9 Å². The average Bonchev–Trinajstić information content (AvgIpc) is 2.91. The Hall–Kier alpha value is -3.24. The molecule has 1 N–H and O–H groups in total. The van der Waals surface area contributed by atoms with E-state index in [2.05, 4.69) is 47.2 Å². The number of rotatable bonds is 9. The third-order valence-electron chi connectivity index (χ3n) is 6.64. The molecule has 0 radical (unpaired) electrons. The Morgan fingerprint density at radius 2 is 1.75 bits per heavy atom. The van der Waals surface area contributed by atoms with Crippen molar-refractivity contribution < 1.29 is 14.2 Å². The average molecular weight is 494 g/mol. The lowest BCUT2D eigenvalue weighted by Crippen LogP contribution is -2.36. The molecule has 3 heterocycles. The van der Waals surface area contributed by atoms with Crippen LogP contribution >= 0.6 is 0 Å². The van der Waals surface area contributed by atoms with Crippen LogP contribution in [0.5, 0.6) is 11.5 Å². The van der Waals surface area contributed by atoms with E-state index in [4.69, 9.17) is 14.2 Å². The monoisotopic (exact) mass is 493 g/mol. The smallest absolute Gasteiger partial charge is 0.223 e. The third kappa shape index (κ3) is 6.30. The maximum absolute atomic E-state index is 6.53. The molecule has 1 saturated heterocycles. The SMILES string of the molecule is CN(C)CCOc1cnc(NC2CCC(Oc3cc(N4CCOCC4)cc4nccnc34)CC2)nc1. The number of morpholine rings is 1. The van der Waals surface area contributed by atoms with Crippen LogP contribution in [0, 0.1) is 0 Å². The highest BCUT2D eigenvalue weighted by Gasteiger charge is 2.24. The number of aromatic nitrogens is 4. The number of nitrogens with zero attached hydrogens (tertiary/aromatic N) is 6. The molecule has 1 aliphatic heterocycles. The van der Waals surface area contributed by atoms with E-state index in [0.717, 1.165) is 81.0 Å². The van der Waals surface area contributed by atoms with Gasteiger partial charge in [-0.2, -0.15) is 0 Å². The molecule has 0 amide bonds. The molecule has 1 aromatic carbocycles. The van der Waals surface area contributed by atoms with Crippen LogP contribution < -0.4 is 19.7 Å². The summed E-state index contributed by atoms with van der Waals surface area (Å²) in [4.78, 5) is 22.4. The zero-order valence-electron chi connectivity index (χ0n) is 21.1. The fourth-order valence-corrected chi connectivity index (χ4v) is 4.62. The van der Waals surface area contributed by atoms with Crippen molar-refractivity contribution in [3.63, 3.8) is 0 Å². The lowest BCUT2D eigenvalue weighted by molar-refractivity contribution is 0.122. The molecule has 1 aliphatic carbocycles. The van der Waals surface area contributed by atoms with Gasteiger partial charge < -0.3 is 29.3 Å². The molecule has 192 valence electrons. The second kappa shape index (κ2) is 11.7. The molecule has 36 heavy (non-hydrogen) atoms. The van der Waals surface area contributed by atoms with Gasteiger partial charge in [-0.25, -0.2) is 15.0 Å². The fraction of sp³-hybridized carbons (Fsp3) is 0.538. The van der Waals surface area contributed by atoms with Gasteiger partial charge in [-0.15, -0.1) is 0 Å². The maximum atomic E-state index is 6.53. The lowest BCUT2D eigenvalue weighted by atomic mass is 9.93. The van der Waals surface area contributed by atoms with Crippen LogP contribution in [0.2, 0.25) is 0 Å². The van der Waals surface area contributed by atoms with Gasteiger partial charge in [0.25, 0.3) is 0 Å². The molecule has 0 bridgehead atoms. The standard InChI is InChI=1S/C26H35N7O3/c1-32(2)9-14-35-22-17-29-26(30-18-22)31-19-3-5-21(6-4-19)36-24-16-20(33-10-12-34-13-11-33)15-23-25(24)28-8-7-27-23/h7-8,15-19,21H,3-6,9-14H2,1-2H3,(H,29,30,31). The van der Waals surface area contributed by atoms with E-state index in [1.165, 1.54) is 0 Å². The highest BCUT2D eigenvalue weighted by atomic mass is 16.5. The number of fused-ring (bicyclic) bond motifs is 1. The van der Waals surface area contributed by atoms with E-state index in [0.29, 0.717) is 24.3 Å². The molecule has 10 nitrogen and oxygen atoms in total. The van der Waals surface area contributed by atoms with Crippen LogP contribution in [-0.4, -0.2) is 90.5 Å². The van der Waals surface area contributed by atoms with Crippen molar-refractivity contribution in [1.29, 1.82) is 0 Å². The fourth-order valence-electron chi connectivity index (χ4n) is 4.62. The molecule has 5 rings (SSSR count). The van der Waals surface area contributed by atoms with Crippen LogP contribution in [0.25, 0.3) is 11.0 Å². The van der Waals surface area contributed by atoms with E-state index in [1.54, 1.807) is 24.8 Å². The first kappa shape index (κ1) is 24.5. The first-order valence-electron chi connectivity index (χ1n) is 12.7. The Labute approximate surface area is 212 Å². The topological polar surface area (TPSA) is 97.8 Å². The molecule has 10 heteroatoms. The normalized spacial score (nSPS) is 20.5. The largest absolute Gasteiger partial charge is 0.489 e. The zero-order valence-corrected chi connectivity index (χ0v) is 21.1. The van der Waals surface area contributed by atoms with Gasteiger partial charge in [0.15, 0.2) is 5.75 Å². The first-order valence-corrected chi connectivity index (χ1v) is 12.7. The number of benzene rings is 1. The molecular formula is C26H35N7O3. The molecule has 3 aromatic rings. The summed E-state index contributed by atoms with van der Waals surface area (Å²) in [6.45, 7) is 4.68. The van der Waals surface area contributed by atoms with Gasteiger partial charge in [0.1, 0.15) is 17.9 Å². The Morgan fingerprint density at radius 3 is 2.50 bits per heavy atom. The number of nitrogens with one attached hydrogen (secondary N) is 1. The summed E-state index contributed by atoms with van der Waals surface area (Å²) in [5, 5.41) is 3.47. The van der Waals surface area contributed by atoms with Crippen LogP contribution in [0.1, 0.15) is 25.7 Å². The molecule has 0 spiro atoms. The van der Waals surface area contributed by atoms with E-state index in [9.17, 15) is 0 Å². The minimum atomic E-state index is 0.140. The Bertz CT molecular complexity index is 1110. The van der Waals surface area contributed by atoms with E-state index >= 15 is 0 Å². The van der Waals surface area contributed by atoms with Gasteiger partial charge in [-0.05, 0) is 45.8 Å². The zero-order chi connectivity index (χ0) is 24.7. The number of anilines is 2. The molecular weight excluding hydrogens is 458 g/mol. The van der Waals surface area contributed by atoms with Gasteiger partial charge in [-0.3, -0.25) is 4.98 Å². The van der Waals surface area contributed by atoms with Crippen LogP contribution in [-0.2, 0) is 4.74 Å². The van der Waals surface area contributed by atoms with Crippen molar-refractivity contribution in [3.05, 3.63) is 36.9 Å². The lowest BCUT2D eigenvalue weighted by Gasteiger charge is -2.31. The highest BCUT2D eigenvalue weighted by molar-refractivity contribution is 5.85. The van der Waals surface area contributed by atoms with Crippen LogP contribution in [0.4, 0.5) is 11.6 Å².